The number of nitrogens with one attached hydrogen (secondary N) is 2. The van der Waals surface area contributed by atoms with Crippen molar-refractivity contribution < 1.29 is 23.2 Å². The molecule has 0 aliphatic heterocycles. The highest BCUT2D eigenvalue weighted by Crippen LogP contribution is 2.40. The fraction of sp³-hybridized carbons (Fsp3) is 0.364. The van der Waals surface area contributed by atoms with Gasteiger partial charge in [-0.1, -0.05) is 5.16 Å². The maximum atomic E-state index is 14.4. The van der Waals surface area contributed by atoms with Gasteiger partial charge >= 0.3 is 6.09 Å². The van der Waals surface area contributed by atoms with Crippen molar-refractivity contribution in [1.82, 2.24) is 10.1 Å². The number of carbonyl (C=O) groups is 2. The van der Waals surface area contributed by atoms with Crippen molar-refractivity contribution in [1.29, 1.82) is 0 Å². The molecule has 1 aliphatic carbocycles. The summed E-state index contributed by atoms with van der Waals surface area (Å²) in [6, 6.07) is 5.58. The van der Waals surface area contributed by atoms with E-state index in [1.54, 1.807) is 33.8 Å². The highest BCUT2D eigenvalue weighted by molar-refractivity contribution is 6.12. The number of rotatable bonds is 4. The average Bonchev–Trinajstić information content (AvgIpc) is 3.46. The van der Waals surface area contributed by atoms with E-state index in [-0.39, 0.29) is 17.1 Å². The van der Waals surface area contributed by atoms with Crippen LogP contribution < -0.4 is 10.6 Å². The lowest BCUT2D eigenvalue weighted by atomic mass is 10.1. The number of amides is 2. The molecule has 2 N–H and O–H groups in total. The quantitative estimate of drug-likeness (QED) is 0.598. The second-order valence-electron chi connectivity index (χ2n) is 8.59. The second-order valence-corrected chi connectivity index (χ2v) is 8.59. The summed E-state index contributed by atoms with van der Waals surface area (Å²) in [5.41, 5.74) is 1.41. The Morgan fingerprint density at radius 1 is 1.19 bits per heavy atom. The van der Waals surface area contributed by atoms with E-state index >= 15 is 0 Å². The number of aryl methyl sites for hydroxylation is 1. The second kappa shape index (κ2) is 7.64. The predicted octanol–water partition coefficient (Wildman–Crippen LogP) is 5.15. The van der Waals surface area contributed by atoms with Gasteiger partial charge in [-0.05, 0) is 64.8 Å². The molecule has 162 valence electrons. The van der Waals surface area contributed by atoms with Crippen molar-refractivity contribution in [2.24, 2.45) is 0 Å². The van der Waals surface area contributed by atoms with Crippen molar-refractivity contribution in [3.8, 4) is 0 Å². The molecule has 4 rings (SSSR count). The molecule has 2 heterocycles. The van der Waals surface area contributed by atoms with Crippen LogP contribution in [0.25, 0.3) is 11.1 Å². The summed E-state index contributed by atoms with van der Waals surface area (Å²) in [6.45, 7) is 6.93. The minimum absolute atomic E-state index is 0.0781. The largest absolute Gasteiger partial charge is 0.444 e. The molecule has 0 radical (unpaired) electrons. The van der Waals surface area contributed by atoms with E-state index in [2.05, 4.69) is 20.8 Å². The lowest BCUT2D eigenvalue weighted by molar-refractivity contribution is 0.0635. The molecule has 8 nitrogen and oxygen atoms in total. The Kier molecular flexibility index (Phi) is 5.12. The van der Waals surface area contributed by atoms with Crippen LogP contribution in [0, 0.1) is 12.7 Å². The van der Waals surface area contributed by atoms with Crippen molar-refractivity contribution in [3.63, 3.8) is 0 Å². The lowest BCUT2D eigenvalue weighted by Gasteiger charge is -2.20. The summed E-state index contributed by atoms with van der Waals surface area (Å²) in [5.74, 6) is -0.869. The third-order valence-corrected chi connectivity index (χ3v) is 4.74. The predicted molar refractivity (Wildman–Crippen MR) is 113 cm³/mol. The van der Waals surface area contributed by atoms with Gasteiger partial charge in [0.05, 0.1) is 22.3 Å². The number of nitrogens with zero attached hydrogens (tertiary/aromatic N) is 2. The molecular formula is C22H23FN4O4. The highest BCUT2D eigenvalue weighted by Gasteiger charge is 2.29. The van der Waals surface area contributed by atoms with Gasteiger partial charge in [-0.15, -0.1) is 0 Å². The molecular weight excluding hydrogens is 403 g/mol. The summed E-state index contributed by atoms with van der Waals surface area (Å²) in [4.78, 5) is 29.5. The standard InChI is InChI=1S/C22H23FN4O4/c1-11-18-14(10-16(12-5-6-12)26-20(18)31-27-11)19(28)25-17-9-13(7-8-15(17)23)24-21(29)30-22(2,3)4/h7-10,12H,5-6H2,1-4H3,(H,24,29)(H,25,28). The molecule has 1 saturated carbocycles. The zero-order chi connectivity index (χ0) is 22.3. The number of halogens is 1. The van der Waals surface area contributed by atoms with Crippen LogP contribution in [0.4, 0.5) is 20.6 Å². The summed E-state index contributed by atoms with van der Waals surface area (Å²) in [5, 5.41) is 9.51. The van der Waals surface area contributed by atoms with Crippen LogP contribution in [-0.4, -0.2) is 27.7 Å². The smallest absolute Gasteiger partial charge is 0.412 e. The highest BCUT2D eigenvalue weighted by atomic mass is 19.1. The maximum absolute atomic E-state index is 14.4. The van der Waals surface area contributed by atoms with Gasteiger partial charge in [0, 0.05) is 17.3 Å². The number of carbonyl (C=O) groups excluding carboxylic acids is 2. The van der Waals surface area contributed by atoms with Crippen molar-refractivity contribution in [3.05, 3.63) is 47.0 Å². The molecule has 0 atom stereocenters. The molecule has 9 heteroatoms. The summed E-state index contributed by atoms with van der Waals surface area (Å²) >= 11 is 0. The minimum Gasteiger partial charge on any atom is -0.444 e. The monoisotopic (exact) mass is 426 g/mol. The number of fused-ring (bicyclic) bond motifs is 1. The van der Waals surface area contributed by atoms with Crippen LogP contribution in [0.5, 0.6) is 0 Å². The van der Waals surface area contributed by atoms with Crippen LogP contribution in [0.1, 0.15) is 61.3 Å². The molecule has 2 aromatic heterocycles. The lowest BCUT2D eigenvalue weighted by Crippen LogP contribution is -2.27. The van der Waals surface area contributed by atoms with Gasteiger partial charge in [0.1, 0.15) is 11.4 Å². The Morgan fingerprint density at radius 3 is 2.61 bits per heavy atom. The van der Waals surface area contributed by atoms with E-state index in [0.29, 0.717) is 22.6 Å². The van der Waals surface area contributed by atoms with E-state index in [4.69, 9.17) is 9.26 Å². The average molecular weight is 426 g/mol. The van der Waals surface area contributed by atoms with Gasteiger partial charge < -0.3 is 14.6 Å². The van der Waals surface area contributed by atoms with Gasteiger partial charge in [0.2, 0.25) is 0 Å². The first kappa shape index (κ1) is 20.8. The van der Waals surface area contributed by atoms with Crippen LogP contribution in [0.15, 0.2) is 28.8 Å². The van der Waals surface area contributed by atoms with Gasteiger partial charge in [-0.2, -0.15) is 0 Å². The third kappa shape index (κ3) is 4.65. The zero-order valence-electron chi connectivity index (χ0n) is 17.7. The Hall–Kier alpha value is -3.49. The summed E-state index contributed by atoms with van der Waals surface area (Å²) < 4.78 is 24.9. The van der Waals surface area contributed by atoms with E-state index < -0.39 is 23.4 Å². The summed E-state index contributed by atoms with van der Waals surface area (Å²) in [7, 11) is 0. The van der Waals surface area contributed by atoms with E-state index in [1.165, 1.54) is 12.1 Å². The first-order valence-electron chi connectivity index (χ1n) is 9.98. The molecule has 2 amide bonds. The van der Waals surface area contributed by atoms with Crippen LogP contribution in [0.3, 0.4) is 0 Å². The third-order valence-electron chi connectivity index (χ3n) is 4.74. The zero-order valence-corrected chi connectivity index (χ0v) is 17.7. The topological polar surface area (TPSA) is 106 Å². The Morgan fingerprint density at radius 2 is 1.94 bits per heavy atom. The van der Waals surface area contributed by atoms with E-state index in [9.17, 15) is 14.0 Å². The van der Waals surface area contributed by atoms with E-state index in [0.717, 1.165) is 24.6 Å². The molecule has 1 aromatic carbocycles. The first-order valence-corrected chi connectivity index (χ1v) is 9.98. The molecule has 0 bridgehead atoms. The van der Waals surface area contributed by atoms with Crippen LogP contribution in [-0.2, 0) is 4.74 Å². The van der Waals surface area contributed by atoms with Crippen molar-refractivity contribution in [2.45, 2.75) is 52.1 Å². The molecule has 0 spiro atoms. The van der Waals surface area contributed by atoms with Gasteiger partial charge in [0.25, 0.3) is 11.6 Å². The SMILES string of the molecule is Cc1noc2nc(C3CC3)cc(C(=O)Nc3cc(NC(=O)OC(C)(C)C)ccc3F)c12. The molecule has 0 saturated heterocycles. The number of hydrogen-bond acceptors (Lipinski definition) is 6. The molecule has 3 aromatic rings. The number of aromatic nitrogens is 2. The molecule has 1 fully saturated rings. The number of hydrogen-bond donors (Lipinski definition) is 2. The number of pyridine rings is 1. The fourth-order valence-corrected chi connectivity index (χ4v) is 3.19. The first-order chi connectivity index (χ1) is 14.6. The van der Waals surface area contributed by atoms with E-state index in [1.807, 2.05) is 0 Å². The minimum atomic E-state index is -0.679. The number of benzene rings is 1. The number of ether oxygens (including phenoxy) is 1. The Labute approximate surface area is 178 Å². The maximum Gasteiger partial charge on any atom is 0.412 e. The summed E-state index contributed by atoms with van der Waals surface area (Å²) in [6.07, 6.45) is 1.32. The Balaban J connectivity index is 1.60. The van der Waals surface area contributed by atoms with Crippen LogP contribution >= 0.6 is 0 Å². The molecule has 1 aliphatic rings. The van der Waals surface area contributed by atoms with Gasteiger partial charge in [0.15, 0.2) is 0 Å². The Bertz CT molecular complexity index is 1180. The van der Waals surface area contributed by atoms with Crippen molar-refractivity contribution >= 4 is 34.5 Å². The fourth-order valence-electron chi connectivity index (χ4n) is 3.19. The van der Waals surface area contributed by atoms with Gasteiger partial charge in [-0.25, -0.2) is 14.2 Å². The van der Waals surface area contributed by atoms with Gasteiger partial charge in [-0.3, -0.25) is 10.1 Å². The number of anilines is 2. The van der Waals surface area contributed by atoms with Crippen molar-refractivity contribution in [2.75, 3.05) is 10.6 Å². The molecule has 31 heavy (non-hydrogen) atoms. The van der Waals surface area contributed by atoms with Crippen LogP contribution in [0.2, 0.25) is 0 Å². The normalized spacial score (nSPS) is 13.8. The molecule has 0 unspecified atom stereocenters.